The summed E-state index contributed by atoms with van der Waals surface area (Å²) in [6, 6.07) is 13.2. The second-order valence-electron chi connectivity index (χ2n) is 8.51. The van der Waals surface area contributed by atoms with Crippen LogP contribution >= 0.6 is 0 Å². The van der Waals surface area contributed by atoms with E-state index in [0.29, 0.717) is 30.9 Å². The maximum absolute atomic E-state index is 12.8. The number of nitrogens with zero attached hydrogens (tertiary/aromatic N) is 2. The molecule has 0 N–H and O–H groups in total. The van der Waals surface area contributed by atoms with Crippen LogP contribution in [0, 0.1) is 0 Å². The molecule has 0 radical (unpaired) electrons. The molecule has 7 nitrogen and oxygen atoms in total. The Kier molecular flexibility index (Phi) is 7.86. The fourth-order valence-electron chi connectivity index (χ4n) is 4.38. The number of amides is 1. The van der Waals surface area contributed by atoms with Crippen LogP contribution in [0.3, 0.4) is 0 Å². The van der Waals surface area contributed by atoms with Gasteiger partial charge in [0.2, 0.25) is 0 Å². The molecule has 2 aliphatic rings. The van der Waals surface area contributed by atoms with Crippen molar-refractivity contribution in [1.29, 1.82) is 0 Å². The quantitative estimate of drug-likeness (QED) is 0.518. The van der Waals surface area contributed by atoms with Crippen LogP contribution < -0.4 is 4.74 Å². The van der Waals surface area contributed by atoms with Crippen molar-refractivity contribution in [2.45, 2.75) is 45.0 Å². The summed E-state index contributed by atoms with van der Waals surface area (Å²) in [5.74, 6) is 0.457. The van der Waals surface area contributed by atoms with Gasteiger partial charge in [0.25, 0.3) is 5.91 Å². The highest BCUT2D eigenvalue weighted by molar-refractivity contribution is 6.00. The normalized spacial score (nSPS) is 17.3. The summed E-state index contributed by atoms with van der Waals surface area (Å²) in [5, 5.41) is 0. The van der Waals surface area contributed by atoms with E-state index in [4.69, 9.17) is 9.47 Å². The highest BCUT2D eigenvalue weighted by Gasteiger charge is 2.34. The molecule has 1 unspecified atom stereocenters. The van der Waals surface area contributed by atoms with Crippen molar-refractivity contribution >= 4 is 18.5 Å². The molecule has 0 aromatic heterocycles. The number of rotatable bonds is 10. The molecule has 1 amide bonds. The summed E-state index contributed by atoms with van der Waals surface area (Å²) < 4.78 is 11.6. The Morgan fingerprint density at radius 2 is 1.85 bits per heavy atom. The minimum absolute atomic E-state index is 0.193. The van der Waals surface area contributed by atoms with Gasteiger partial charge >= 0.3 is 0 Å². The van der Waals surface area contributed by atoms with E-state index < -0.39 is 6.04 Å². The van der Waals surface area contributed by atoms with Crippen LogP contribution in [0.15, 0.2) is 42.5 Å². The minimum Gasteiger partial charge on any atom is -0.489 e. The van der Waals surface area contributed by atoms with Crippen molar-refractivity contribution < 1.29 is 23.9 Å². The first-order valence-corrected chi connectivity index (χ1v) is 11.5. The third kappa shape index (κ3) is 5.67. The smallest absolute Gasteiger partial charge is 0.255 e. The van der Waals surface area contributed by atoms with Crippen LogP contribution in [-0.4, -0.2) is 60.6 Å². The molecule has 174 valence electrons. The van der Waals surface area contributed by atoms with Crippen LogP contribution in [0.1, 0.15) is 46.3 Å². The minimum atomic E-state index is -0.605. The fourth-order valence-corrected chi connectivity index (χ4v) is 4.38. The second kappa shape index (κ2) is 11.2. The summed E-state index contributed by atoms with van der Waals surface area (Å²) in [6.45, 7) is 5.26. The monoisotopic (exact) mass is 450 g/mol. The van der Waals surface area contributed by atoms with Crippen LogP contribution in [0.25, 0.3) is 0 Å². The van der Waals surface area contributed by atoms with Crippen LogP contribution in [-0.2, 0) is 34.0 Å². The summed E-state index contributed by atoms with van der Waals surface area (Å²) in [5.41, 5.74) is 3.66. The number of benzene rings is 2. The molecular weight excluding hydrogens is 420 g/mol. The number of hydrogen-bond acceptors (Lipinski definition) is 6. The highest BCUT2D eigenvalue weighted by Crippen LogP contribution is 2.33. The Morgan fingerprint density at radius 3 is 2.64 bits per heavy atom. The van der Waals surface area contributed by atoms with E-state index in [1.54, 1.807) is 12.1 Å². The topological polar surface area (TPSA) is 76.2 Å². The van der Waals surface area contributed by atoms with Crippen LogP contribution in [0.5, 0.6) is 5.75 Å². The van der Waals surface area contributed by atoms with Gasteiger partial charge in [-0.15, -0.1) is 0 Å². The average molecular weight is 451 g/mol. The molecule has 4 rings (SSSR count). The number of aldehydes is 2. The summed E-state index contributed by atoms with van der Waals surface area (Å²) in [6.07, 6.45) is 3.16. The Labute approximate surface area is 194 Å². The van der Waals surface area contributed by atoms with E-state index in [9.17, 15) is 14.4 Å². The average Bonchev–Trinajstić information content (AvgIpc) is 3.00. The molecule has 0 bridgehead atoms. The Morgan fingerprint density at radius 1 is 1.03 bits per heavy atom. The molecule has 33 heavy (non-hydrogen) atoms. The van der Waals surface area contributed by atoms with Gasteiger partial charge in [-0.3, -0.25) is 9.69 Å². The Bertz CT molecular complexity index is 967. The van der Waals surface area contributed by atoms with Crippen molar-refractivity contribution in [3.05, 3.63) is 64.7 Å². The zero-order chi connectivity index (χ0) is 23.0. The Hall–Kier alpha value is -3.03. The van der Waals surface area contributed by atoms with Crippen LogP contribution in [0.2, 0.25) is 0 Å². The zero-order valence-corrected chi connectivity index (χ0v) is 18.8. The predicted octanol–water partition coefficient (Wildman–Crippen LogP) is 2.99. The van der Waals surface area contributed by atoms with Gasteiger partial charge in [-0.25, -0.2) is 0 Å². The molecule has 1 fully saturated rings. The molecule has 1 atom stereocenters. The molecule has 2 aromatic carbocycles. The molecule has 0 aliphatic carbocycles. The number of carbonyl (C=O) groups is 3. The van der Waals surface area contributed by atoms with E-state index in [0.717, 1.165) is 63.0 Å². The molecule has 7 heteroatoms. The SMILES string of the molecule is O=CCCC(C=O)N1Cc2c(OCc3ccc(CN4CCCOCC4)cc3)cccc2C1=O. The summed E-state index contributed by atoms with van der Waals surface area (Å²) in [4.78, 5) is 39.0. The maximum atomic E-state index is 12.8. The van der Waals surface area contributed by atoms with E-state index in [2.05, 4.69) is 29.2 Å². The molecule has 2 aliphatic heterocycles. The largest absolute Gasteiger partial charge is 0.489 e. The van der Waals surface area contributed by atoms with Crippen molar-refractivity contribution in [2.24, 2.45) is 0 Å². The highest BCUT2D eigenvalue weighted by atomic mass is 16.5. The first-order valence-electron chi connectivity index (χ1n) is 11.5. The van der Waals surface area contributed by atoms with Crippen molar-refractivity contribution in [3.8, 4) is 5.75 Å². The van der Waals surface area contributed by atoms with Gasteiger partial charge in [0.15, 0.2) is 0 Å². The lowest BCUT2D eigenvalue weighted by Crippen LogP contribution is -2.36. The number of hydrogen-bond donors (Lipinski definition) is 0. The molecule has 0 spiro atoms. The molecular formula is C26H30N2O5. The number of ether oxygens (including phenoxy) is 2. The predicted molar refractivity (Wildman–Crippen MR) is 123 cm³/mol. The number of fused-ring (bicyclic) bond motifs is 1. The van der Waals surface area contributed by atoms with Gasteiger partial charge in [0.05, 0.1) is 19.2 Å². The molecule has 2 aromatic rings. The van der Waals surface area contributed by atoms with Crippen LogP contribution in [0.4, 0.5) is 0 Å². The van der Waals surface area contributed by atoms with E-state index in [1.165, 1.54) is 10.5 Å². The Balaban J connectivity index is 1.38. The van der Waals surface area contributed by atoms with Gasteiger partial charge in [0.1, 0.15) is 24.9 Å². The lowest BCUT2D eigenvalue weighted by molar-refractivity contribution is -0.112. The van der Waals surface area contributed by atoms with Gasteiger partial charge in [0, 0.05) is 43.8 Å². The van der Waals surface area contributed by atoms with Crippen molar-refractivity contribution in [3.63, 3.8) is 0 Å². The number of carbonyl (C=O) groups excluding carboxylic acids is 3. The van der Waals surface area contributed by atoms with E-state index >= 15 is 0 Å². The van der Waals surface area contributed by atoms with Gasteiger partial charge in [-0.2, -0.15) is 0 Å². The van der Waals surface area contributed by atoms with Crippen molar-refractivity contribution in [2.75, 3.05) is 26.3 Å². The summed E-state index contributed by atoms with van der Waals surface area (Å²) >= 11 is 0. The van der Waals surface area contributed by atoms with Gasteiger partial charge in [-0.05, 0) is 36.1 Å². The van der Waals surface area contributed by atoms with Gasteiger partial charge < -0.3 is 24.0 Å². The zero-order valence-electron chi connectivity index (χ0n) is 18.8. The fraction of sp³-hybridized carbons (Fsp3) is 0.423. The lowest BCUT2D eigenvalue weighted by Gasteiger charge is -2.22. The summed E-state index contributed by atoms with van der Waals surface area (Å²) in [7, 11) is 0. The van der Waals surface area contributed by atoms with E-state index in [-0.39, 0.29) is 12.3 Å². The first kappa shape index (κ1) is 23.1. The second-order valence-corrected chi connectivity index (χ2v) is 8.51. The molecule has 2 heterocycles. The maximum Gasteiger partial charge on any atom is 0.255 e. The first-order chi connectivity index (χ1) is 16.2. The van der Waals surface area contributed by atoms with E-state index in [1.807, 2.05) is 6.07 Å². The molecule has 0 saturated carbocycles. The third-order valence-corrected chi connectivity index (χ3v) is 6.23. The standard InChI is InChI=1S/C26H30N2O5/c29-13-2-4-22(18-30)28-17-24-23(26(28)31)5-1-6-25(24)33-19-21-9-7-20(8-10-21)16-27-11-3-14-32-15-12-27/h1,5-10,13,18,22H,2-4,11-12,14-17,19H2. The van der Waals surface area contributed by atoms with Gasteiger partial charge in [-0.1, -0.05) is 30.3 Å². The third-order valence-electron chi connectivity index (χ3n) is 6.23. The molecule has 1 saturated heterocycles. The lowest BCUT2D eigenvalue weighted by atomic mass is 10.1. The van der Waals surface area contributed by atoms with Crippen molar-refractivity contribution in [1.82, 2.24) is 9.80 Å².